The number of sulfonamides is 1. The van der Waals surface area contributed by atoms with Crippen LogP contribution in [0.25, 0.3) is 0 Å². The Bertz CT molecular complexity index is 627. The second-order valence-corrected chi connectivity index (χ2v) is 7.13. The largest absolute Gasteiger partial charge is 0.269 e. The van der Waals surface area contributed by atoms with E-state index in [1.54, 1.807) is 6.92 Å². The smallest absolute Gasteiger partial charge is 0.258 e. The summed E-state index contributed by atoms with van der Waals surface area (Å²) in [4.78, 5) is 10.3. The molecule has 110 valence electrons. The number of hydrogen-bond donors (Lipinski definition) is 1. The van der Waals surface area contributed by atoms with Gasteiger partial charge >= 0.3 is 0 Å². The lowest BCUT2D eigenvalue weighted by molar-refractivity contribution is -0.385. The molecule has 0 radical (unpaired) electrons. The van der Waals surface area contributed by atoms with Crippen molar-refractivity contribution in [2.45, 2.75) is 44.0 Å². The van der Waals surface area contributed by atoms with Gasteiger partial charge < -0.3 is 0 Å². The van der Waals surface area contributed by atoms with E-state index >= 15 is 0 Å². The monoisotopic (exact) mass is 298 g/mol. The van der Waals surface area contributed by atoms with Crippen LogP contribution in [0.2, 0.25) is 0 Å². The summed E-state index contributed by atoms with van der Waals surface area (Å²) in [6.07, 6.45) is 2.70. The Kier molecular flexibility index (Phi) is 4.10. The number of aryl methyl sites for hydroxylation is 1. The van der Waals surface area contributed by atoms with E-state index in [-0.39, 0.29) is 16.6 Å². The predicted octanol–water partition coefficient (Wildman–Crippen LogP) is 2.37. The number of nitrogens with one attached hydrogen (secondary N) is 1. The van der Waals surface area contributed by atoms with Gasteiger partial charge in [-0.3, -0.25) is 10.1 Å². The fourth-order valence-electron chi connectivity index (χ4n) is 2.65. The summed E-state index contributed by atoms with van der Waals surface area (Å²) in [6, 6.07) is 3.77. The number of nitro benzene ring substituents is 1. The van der Waals surface area contributed by atoms with Crippen molar-refractivity contribution in [3.63, 3.8) is 0 Å². The average Bonchev–Trinajstić information content (AvgIpc) is 2.73. The Balaban J connectivity index is 2.23. The maximum absolute atomic E-state index is 12.3. The van der Waals surface area contributed by atoms with Gasteiger partial charge in [0.25, 0.3) is 5.69 Å². The van der Waals surface area contributed by atoms with Gasteiger partial charge in [0.1, 0.15) is 0 Å². The number of benzene rings is 1. The van der Waals surface area contributed by atoms with Crippen LogP contribution in [-0.2, 0) is 10.0 Å². The summed E-state index contributed by atoms with van der Waals surface area (Å²) in [5, 5.41) is 10.7. The lowest BCUT2D eigenvalue weighted by Gasteiger charge is -2.14. The molecule has 2 atom stereocenters. The molecule has 0 saturated heterocycles. The lowest BCUT2D eigenvalue weighted by atomic mass is 10.1. The summed E-state index contributed by atoms with van der Waals surface area (Å²) < 4.78 is 27.3. The third-order valence-electron chi connectivity index (χ3n) is 3.68. The molecule has 0 aliphatic heterocycles. The van der Waals surface area contributed by atoms with Gasteiger partial charge in [-0.1, -0.05) is 6.92 Å². The van der Waals surface area contributed by atoms with Crippen molar-refractivity contribution >= 4 is 15.7 Å². The van der Waals surface area contributed by atoms with Crippen LogP contribution in [0.3, 0.4) is 0 Å². The van der Waals surface area contributed by atoms with Gasteiger partial charge in [0.05, 0.1) is 9.82 Å². The molecule has 7 heteroatoms. The molecule has 2 rings (SSSR count). The van der Waals surface area contributed by atoms with Crippen LogP contribution in [0.4, 0.5) is 5.69 Å². The minimum Gasteiger partial charge on any atom is -0.258 e. The molecule has 1 aromatic carbocycles. The molecule has 2 unspecified atom stereocenters. The van der Waals surface area contributed by atoms with E-state index in [0.717, 1.165) is 19.3 Å². The van der Waals surface area contributed by atoms with Gasteiger partial charge in [0.2, 0.25) is 10.0 Å². The first kappa shape index (κ1) is 14.9. The number of non-ortho nitro benzene ring substituents is 1. The van der Waals surface area contributed by atoms with Crippen molar-refractivity contribution in [3.8, 4) is 0 Å². The minimum atomic E-state index is -3.61. The van der Waals surface area contributed by atoms with Crippen LogP contribution in [0.1, 0.15) is 31.7 Å². The molecule has 0 amide bonds. The van der Waals surface area contributed by atoms with Gasteiger partial charge in [-0.25, -0.2) is 13.1 Å². The molecule has 1 N–H and O–H groups in total. The van der Waals surface area contributed by atoms with Crippen LogP contribution in [-0.4, -0.2) is 19.4 Å². The van der Waals surface area contributed by atoms with Crippen molar-refractivity contribution < 1.29 is 13.3 Å². The zero-order valence-corrected chi connectivity index (χ0v) is 12.3. The van der Waals surface area contributed by atoms with E-state index in [0.29, 0.717) is 11.5 Å². The highest BCUT2D eigenvalue weighted by atomic mass is 32.2. The first-order valence-electron chi connectivity index (χ1n) is 6.57. The fraction of sp³-hybridized carbons (Fsp3) is 0.538. The molecule has 0 aromatic heterocycles. The Morgan fingerprint density at radius 2 is 2.05 bits per heavy atom. The minimum absolute atomic E-state index is 0.0374. The topological polar surface area (TPSA) is 89.3 Å². The number of nitrogens with zero attached hydrogens (tertiary/aromatic N) is 1. The Morgan fingerprint density at radius 3 is 2.55 bits per heavy atom. The quantitative estimate of drug-likeness (QED) is 0.682. The maximum atomic E-state index is 12.3. The second kappa shape index (κ2) is 5.49. The van der Waals surface area contributed by atoms with E-state index in [9.17, 15) is 18.5 Å². The van der Waals surface area contributed by atoms with Gasteiger partial charge in [0, 0.05) is 18.2 Å². The van der Waals surface area contributed by atoms with Crippen molar-refractivity contribution in [1.82, 2.24) is 4.72 Å². The molecule has 0 bridgehead atoms. The molecule has 1 saturated carbocycles. The summed E-state index contributed by atoms with van der Waals surface area (Å²) in [5.41, 5.74) is 0.286. The molecule has 1 fully saturated rings. The van der Waals surface area contributed by atoms with Gasteiger partial charge in [-0.05, 0) is 43.7 Å². The van der Waals surface area contributed by atoms with Crippen LogP contribution in [0, 0.1) is 23.0 Å². The second-order valence-electron chi connectivity index (χ2n) is 5.44. The zero-order chi connectivity index (χ0) is 14.9. The van der Waals surface area contributed by atoms with Crippen molar-refractivity contribution in [3.05, 3.63) is 33.9 Å². The van der Waals surface area contributed by atoms with Crippen molar-refractivity contribution in [1.29, 1.82) is 0 Å². The summed E-state index contributed by atoms with van der Waals surface area (Å²) in [6.45, 7) is 3.67. The van der Waals surface area contributed by atoms with Crippen molar-refractivity contribution in [2.24, 2.45) is 5.92 Å². The fourth-order valence-corrected chi connectivity index (χ4v) is 4.16. The average molecular weight is 298 g/mol. The van der Waals surface area contributed by atoms with Gasteiger partial charge in [-0.2, -0.15) is 0 Å². The van der Waals surface area contributed by atoms with Crippen molar-refractivity contribution in [2.75, 3.05) is 0 Å². The van der Waals surface area contributed by atoms with E-state index in [2.05, 4.69) is 11.6 Å². The Morgan fingerprint density at radius 1 is 1.35 bits per heavy atom. The van der Waals surface area contributed by atoms with Gasteiger partial charge in [-0.15, -0.1) is 0 Å². The molecule has 1 aliphatic carbocycles. The normalized spacial score (nSPS) is 22.9. The first-order valence-corrected chi connectivity index (χ1v) is 8.05. The van der Waals surface area contributed by atoms with Gasteiger partial charge in [0.15, 0.2) is 0 Å². The lowest BCUT2D eigenvalue weighted by Crippen LogP contribution is -2.33. The molecular weight excluding hydrogens is 280 g/mol. The molecule has 0 spiro atoms. The molecule has 1 aliphatic rings. The Labute approximate surface area is 118 Å². The van der Waals surface area contributed by atoms with E-state index in [4.69, 9.17) is 0 Å². The third-order valence-corrected chi connectivity index (χ3v) is 5.36. The van der Waals surface area contributed by atoms with E-state index in [1.807, 2.05) is 0 Å². The SMILES string of the molecule is Cc1cc([N+](=O)[O-])ccc1S(=O)(=O)NC1CCC(C)C1. The first-order chi connectivity index (χ1) is 9.29. The maximum Gasteiger partial charge on any atom is 0.269 e. The zero-order valence-electron chi connectivity index (χ0n) is 11.5. The number of hydrogen-bond acceptors (Lipinski definition) is 4. The molecule has 0 heterocycles. The van der Waals surface area contributed by atoms with Crippen LogP contribution < -0.4 is 4.72 Å². The standard InChI is InChI=1S/C13H18N2O4S/c1-9-3-4-11(7-9)14-20(18,19)13-6-5-12(15(16)17)8-10(13)2/h5-6,8-9,11,14H,3-4,7H2,1-2H3. The van der Waals surface area contributed by atoms with Crippen LogP contribution >= 0.6 is 0 Å². The van der Waals surface area contributed by atoms with Crippen LogP contribution in [0.15, 0.2) is 23.1 Å². The highest BCUT2D eigenvalue weighted by Gasteiger charge is 2.27. The molecule has 1 aromatic rings. The van der Waals surface area contributed by atoms with E-state index in [1.165, 1.54) is 18.2 Å². The highest BCUT2D eigenvalue weighted by molar-refractivity contribution is 7.89. The molecular formula is C13H18N2O4S. The number of rotatable bonds is 4. The van der Waals surface area contributed by atoms with Crippen LogP contribution in [0.5, 0.6) is 0 Å². The van der Waals surface area contributed by atoms with E-state index < -0.39 is 14.9 Å². The summed E-state index contributed by atoms with van der Waals surface area (Å²) >= 11 is 0. The highest BCUT2D eigenvalue weighted by Crippen LogP contribution is 2.27. The predicted molar refractivity (Wildman–Crippen MR) is 75.0 cm³/mol. The third kappa shape index (κ3) is 3.16. The number of nitro groups is 1. The summed E-state index contributed by atoms with van der Waals surface area (Å²) in [7, 11) is -3.61. The molecule has 6 nitrogen and oxygen atoms in total. The Hall–Kier alpha value is -1.47. The summed E-state index contributed by atoms with van der Waals surface area (Å²) in [5.74, 6) is 0.528. The molecule has 20 heavy (non-hydrogen) atoms.